The summed E-state index contributed by atoms with van der Waals surface area (Å²) >= 11 is 0. The molecule has 0 spiro atoms. The predicted octanol–water partition coefficient (Wildman–Crippen LogP) is 0.815. The largest absolute Gasteiger partial charge is 0.376 e. The molecule has 66 valence electrons. The van der Waals surface area contributed by atoms with Crippen LogP contribution < -0.4 is 5.73 Å². The molecular weight excluding hydrogens is 154 g/mol. The van der Waals surface area contributed by atoms with Crippen LogP contribution >= 0.6 is 0 Å². The van der Waals surface area contributed by atoms with E-state index in [1.54, 1.807) is 6.20 Å². The normalized spacial score (nSPS) is 29.4. The maximum atomic E-state index is 5.68. The summed E-state index contributed by atoms with van der Waals surface area (Å²) in [6, 6.07) is 0.368. The molecule has 2 atom stereocenters. The number of hydrogen-bond acceptors (Lipinski definition) is 3. The number of imidazole rings is 1. The molecule has 2 unspecified atom stereocenters. The summed E-state index contributed by atoms with van der Waals surface area (Å²) in [5.41, 5.74) is 5.68. The molecule has 12 heavy (non-hydrogen) atoms. The van der Waals surface area contributed by atoms with Crippen LogP contribution in [0.4, 0.5) is 5.95 Å². The van der Waals surface area contributed by atoms with Crippen LogP contribution in [0.5, 0.6) is 0 Å². The molecule has 4 nitrogen and oxygen atoms in total. The van der Waals surface area contributed by atoms with E-state index in [1.807, 2.05) is 10.8 Å². The summed E-state index contributed by atoms with van der Waals surface area (Å²) in [6.45, 7) is 2.89. The zero-order valence-electron chi connectivity index (χ0n) is 7.10. The monoisotopic (exact) mass is 167 g/mol. The summed E-state index contributed by atoms with van der Waals surface area (Å²) in [5.74, 6) is 0.581. The van der Waals surface area contributed by atoms with Gasteiger partial charge in [-0.05, 0) is 13.3 Å². The maximum absolute atomic E-state index is 5.68. The van der Waals surface area contributed by atoms with Gasteiger partial charge in [-0.1, -0.05) is 0 Å². The molecule has 1 aromatic rings. The second-order valence-corrected chi connectivity index (χ2v) is 3.12. The van der Waals surface area contributed by atoms with Crippen LogP contribution in [0.25, 0.3) is 0 Å². The van der Waals surface area contributed by atoms with Crippen molar-refractivity contribution >= 4 is 5.95 Å². The maximum Gasteiger partial charge on any atom is 0.200 e. The fraction of sp³-hybridized carbons (Fsp3) is 0.625. The van der Waals surface area contributed by atoms with Crippen LogP contribution in [0.3, 0.4) is 0 Å². The molecule has 1 aliphatic heterocycles. The number of hydrogen-bond donors (Lipinski definition) is 1. The molecule has 0 radical (unpaired) electrons. The van der Waals surface area contributed by atoms with E-state index >= 15 is 0 Å². The standard InChI is InChI=1S/C8H13N3O/c1-6-7(2-5-12-6)11-4-3-10-8(11)9/h3-4,6-7H,2,5H2,1H3,(H2,9,10). The van der Waals surface area contributed by atoms with Crippen molar-refractivity contribution in [3.05, 3.63) is 12.4 Å². The van der Waals surface area contributed by atoms with Crippen molar-refractivity contribution in [1.29, 1.82) is 0 Å². The van der Waals surface area contributed by atoms with Crippen molar-refractivity contribution in [2.75, 3.05) is 12.3 Å². The Bertz CT molecular complexity index is 271. The van der Waals surface area contributed by atoms with E-state index in [4.69, 9.17) is 10.5 Å². The van der Waals surface area contributed by atoms with Crippen molar-refractivity contribution in [2.24, 2.45) is 0 Å². The van der Waals surface area contributed by atoms with Gasteiger partial charge in [-0.15, -0.1) is 0 Å². The molecule has 4 heteroatoms. The van der Waals surface area contributed by atoms with Gasteiger partial charge in [0.25, 0.3) is 0 Å². The molecule has 0 aromatic carbocycles. The lowest BCUT2D eigenvalue weighted by Gasteiger charge is -2.16. The van der Waals surface area contributed by atoms with Crippen LogP contribution in [-0.2, 0) is 4.74 Å². The van der Waals surface area contributed by atoms with E-state index in [-0.39, 0.29) is 6.10 Å². The van der Waals surface area contributed by atoms with E-state index in [2.05, 4.69) is 11.9 Å². The number of nitrogens with two attached hydrogens (primary N) is 1. The molecule has 1 fully saturated rings. The van der Waals surface area contributed by atoms with E-state index in [1.165, 1.54) is 0 Å². The summed E-state index contributed by atoms with van der Waals surface area (Å²) in [5, 5.41) is 0. The third kappa shape index (κ3) is 1.08. The van der Waals surface area contributed by atoms with Gasteiger partial charge >= 0.3 is 0 Å². The van der Waals surface area contributed by atoms with Gasteiger partial charge in [0.1, 0.15) is 0 Å². The molecule has 1 saturated heterocycles. The molecule has 1 aliphatic rings. The summed E-state index contributed by atoms with van der Waals surface area (Å²) < 4.78 is 7.42. The Labute approximate surface area is 71.3 Å². The minimum absolute atomic E-state index is 0.251. The summed E-state index contributed by atoms with van der Waals surface area (Å²) in [4.78, 5) is 3.98. The number of nitrogens with zero attached hydrogens (tertiary/aromatic N) is 2. The van der Waals surface area contributed by atoms with Crippen LogP contribution in [0.15, 0.2) is 12.4 Å². The highest BCUT2D eigenvalue weighted by molar-refractivity contribution is 5.18. The van der Waals surface area contributed by atoms with Crippen molar-refractivity contribution in [2.45, 2.75) is 25.5 Å². The Kier molecular flexibility index (Phi) is 1.77. The number of rotatable bonds is 1. The van der Waals surface area contributed by atoms with Crippen LogP contribution in [0.2, 0.25) is 0 Å². The van der Waals surface area contributed by atoms with Crippen molar-refractivity contribution in [1.82, 2.24) is 9.55 Å². The third-order valence-electron chi connectivity index (χ3n) is 2.39. The van der Waals surface area contributed by atoms with E-state index in [0.717, 1.165) is 13.0 Å². The zero-order valence-corrected chi connectivity index (χ0v) is 7.10. The molecule has 0 aliphatic carbocycles. The molecule has 2 rings (SSSR count). The van der Waals surface area contributed by atoms with E-state index in [9.17, 15) is 0 Å². The Morgan fingerprint density at radius 1 is 1.75 bits per heavy atom. The molecule has 2 heterocycles. The molecular formula is C8H13N3O. The summed E-state index contributed by atoms with van der Waals surface area (Å²) in [6.07, 6.45) is 4.91. The first kappa shape index (κ1) is 7.61. The van der Waals surface area contributed by atoms with Crippen molar-refractivity contribution < 1.29 is 4.74 Å². The summed E-state index contributed by atoms with van der Waals surface area (Å²) in [7, 11) is 0. The average Bonchev–Trinajstić information content (AvgIpc) is 2.59. The lowest BCUT2D eigenvalue weighted by Crippen LogP contribution is -2.17. The van der Waals surface area contributed by atoms with Gasteiger partial charge in [0, 0.05) is 19.0 Å². The second-order valence-electron chi connectivity index (χ2n) is 3.12. The minimum atomic E-state index is 0.251. The fourth-order valence-corrected chi connectivity index (χ4v) is 1.69. The van der Waals surface area contributed by atoms with Crippen molar-refractivity contribution in [3.8, 4) is 0 Å². The Balaban J connectivity index is 2.24. The van der Waals surface area contributed by atoms with E-state index < -0.39 is 0 Å². The van der Waals surface area contributed by atoms with Gasteiger partial charge in [0.05, 0.1) is 12.1 Å². The fourth-order valence-electron chi connectivity index (χ4n) is 1.69. The molecule has 0 saturated carbocycles. The van der Waals surface area contributed by atoms with Crippen molar-refractivity contribution in [3.63, 3.8) is 0 Å². The third-order valence-corrected chi connectivity index (χ3v) is 2.39. The first-order valence-electron chi connectivity index (χ1n) is 4.19. The Hall–Kier alpha value is -1.03. The van der Waals surface area contributed by atoms with Crippen LogP contribution in [-0.4, -0.2) is 22.3 Å². The van der Waals surface area contributed by atoms with Gasteiger partial charge in [-0.3, -0.25) is 0 Å². The van der Waals surface area contributed by atoms with Gasteiger partial charge in [0.2, 0.25) is 0 Å². The lowest BCUT2D eigenvalue weighted by atomic mass is 10.1. The highest BCUT2D eigenvalue weighted by Gasteiger charge is 2.26. The molecule has 1 aromatic heterocycles. The zero-order chi connectivity index (χ0) is 8.55. The lowest BCUT2D eigenvalue weighted by molar-refractivity contribution is 0.108. The number of aromatic nitrogens is 2. The molecule has 0 bridgehead atoms. The average molecular weight is 167 g/mol. The minimum Gasteiger partial charge on any atom is -0.376 e. The van der Waals surface area contributed by atoms with Crippen LogP contribution in [0, 0.1) is 0 Å². The van der Waals surface area contributed by atoms with Crippen LogP contribution in [0.1, 0.15) is 19.4 Å². The quantitative estimate of drug-likeness (QED) is 0.673. The molecule has 0 amide bonds. The number of anilines is 1. The predicted molar refractivity (Wildman–Crippen MR) is 45.7 cm³/mol. The first-order valence-corrected chi connectivity index (χ1v) is 4.19. The van der Waals surface area contributed by atoms with E-state index in [0.29, 0.717) is 12.0 Å². The Morgan fingerprint density at radius 2 is 2.58 bits per heavy atom. The molecule has 2 N–H and O–H groups in total. The number of ether oxygens (including phenoxy) is 1. The van der Waals surface area contributed by atoms with Gasteiger partial charge < -0.3 is 15.0 Å². The number of nitrogen functional groups attached to an aromatic ring is 1. The van der Waals surface area contributed by atoms with Gasteiger partial charge in [0.15, 0.2) is 5.95 Å². The first-order chi connectivity index (χ1) is 5.79. The SMILES string of the molecule is CC1OCCC1n1ccnc1N. The highest BCUT2D eigenvalue weighted by Crippen LogP contribution is 2.27. The smallest absolute Gasteiger partial charge is 0.200 e. The van der Waals surface area contributed by atoms with Gasteiger partial charge in [-0.2, -0.15) is 0 Å². The van der Waals surface area contributed by atoms with Gasteiger partial charge in [-0.25, -0.2) is 4.98 Å². The topological polar surface area (TPSA) is 53.1 Å². The highest BCUT2D eigenvalue weighted by atomic mass is 16.5. The second kappa shape index (κ2) is 2.79. The Morgan fingerprint density at radius 3 is 3.08 bits per heavy atom.